The lowest BCUT2D eigenvalue weighted by Crippen LogP contribution is -2.13. The SMILES string of the molecule is COc1cc(OC)c(C(C)(C)C)cc1OC. The molecule has 0 unspecified atom stereocenters. The van der Waals surface area contributed by atoms with E-state index in [1.165, 1.54) is 0 Å². The molecule has 16 heavy (non-hydrogen) atoms. The van der Waals surface area contributed by atoms with Gasteiger partial charge in [0.05, 0.1) is 21.3 Å². The average molecular weight is 224 g/mol. The van der Waals surface area contributed by atoms with Gasteiger partial charge in [0.25, 0.3) is 0 Å². The Bertz CT molecular complexity index is 364. The van der Waals surface area contributed by atoms with Crippen LogP contribution in [-0.4, -0.2) is 21.3 Å². The van der Waals surface area contributed by atoms with Crippen molar-refractivity contribution in [1.29, 1.82) is 0 Å². The predicted octanol–water partition coefficient (Wildman–Crippen LogP) is 3.01. The molecule has 0 atom stereocenters. The highest BCUT2D eigenvalue weighted by Crippen LogP contribution is 2.39. The summed E-state index contributed by atoms with van der Waals surface area (Å²) in [5.74, 6) is 2.24. The van der Waals surface area contributed by atoms with Gasteiger partial charge in [0.2, 0.25) is 0 Å². The lowest BCUT2D eigenvalue weighted by Gasteiger charge is -2.23. The van der Waals surface area contributed by atoms with Crippen LogP contribution in [0, 0.1) is 0 Å². The molecule has 3 nitrogen and oxygen atoms in total. The Labute approximate surface area is 97.3 Å². The van der Waals surface area contributed by atoms with Crippen LogP contribution in [0.2, 0.25) is 0 Å². The Hall–Kier alpha value is -1.38. The molecule has 0 aromatic heterocycles. The van der Waals surface area contributed by atoms with Crippen LogP contribution in [0.5, 0.6) is 17.2 Å². The zero-order valence-electron chi connectivity index (χ0n) is 10.9. The molecule has 0 aliphatic heterocycles. The van der Waals surface area contributed by atoms with Crippen molar-refractivity contribution in [2.24, 2.45) is 0 Å². The molecular weight excluding hydrogens is 204 g/mol. The van der Waals surface area contributed by atoms with Gasteiger partial charge in [0.1, 0.15) is 5.75 Å². The fraction of sp³-hybridized carbons (Fsp3) is 0.538. The van der Waals surface area contributed by atoms with Crippen molar-refractivity contribution in [3.05, 3.63) is 17.7 Å². The number of hydrogen-bond acceptors (Lipinski definition) is 3. The zero-order valence-corrected chi connectivity index (χ0v) is 10.9. The molecule has 0 aliphatic rings. The van der Waals surface area contributed by atoms with Crippen LogP contribution < -0.4 is 14.2 Å². The molecule has 0 amide bonds. The smallest absolute Gasteiger partial charge is 0.164 e. The van der Waals surface area contributed by atoms with Gasteiger partial charge in [-0.1, -0.05) is 20.8 Å². The van der Waals surface area contributed by atoms with Gasteiger partial charge in [-0.15, -0.1) is 0 Å². The van der Waals surface area contributed by atoms with Gasteiger partial charge in [0.15, 0.2) is 11.5 Å². The van der Waals surface area contributed by atoms with E-state index in [1.54, 1.807) is 21.3 Å². The Morgan fingerprint density at radius 2 is 1.19 bits per heavy atom. The summed E-state index contributed by atoms with van der Waals surface area (Å²) in [5, 5.41) is 0. The minimum absolute atomic E-state index is 0.00486. The Balaban J connectivity index is 3.38. The molecule has 3 heteroatoms. The van der Waals surface area contributed by atoms with Crippen molar-refractivity contribution in [2.45, 2.75) is 26.2 Å². The molecule has 90 valence electrons. The quantitative estimate of drug-likeness (QED) is 0.790. The van der Waals surface area contributed by atoms with Crippen molar-refractivity contribution in [3.63, 3.8) is 0 Å². The maximum absolute atomic E-state index is 5.38. The third-order valence-corrected chi connectivity index (χ3v) is 2.51. The summed E-state index contributed by atoms with van der Waals surface area (Å²) in [6.45, 7) is 6.41. The summed E-state index contributed by atoms with van der Waals surface area (Å²) < 4.78 is 15.9. The first-order valence-electron chi connectivity index (χ1n) is 5.24. The van der Waals surface area contributed by atoms with Crippen molar-refractivity contribution >= 4 is 0 Å². The van der Waals surface area contributed by atoms with Crippen molar-refractivity contribution in [1.82, 2.24) is 0 Å². The molecule has 1 aromatic rings. The summed E-state index contributed by atoms with van der Waals surface area (Å²) in [6, 6.07) is 3.83. The summed E-state index contributed by atoms with van der Waals surface area (Å²) in [7, 11) is 4.92. The lowest BCUT2D eigenvalue weighted by atomic mass is 9.86. The van der Waals surface area contributed by atoms with Gasteiger partial charge in [0, 0.05) is 11.6 Å². The van der Waals surface area contributed by atoms with Crippen LogP contribution in [0.25, 0.3) is 0 Å². The lowest BCUT2D eigenvalue weighted by molar-refractivity contribution is 0.344. The van der Waals surface area contributed by atoms with E-state index in [1.807, 2.05) is 12.1 Å². The second kappa shape index (κ2) is 4.64. The number of ether oxygens (including phenoxy) is 3. The van der Waals surface area contributed by atoms with E-state index in [-0.39, 0.29) is 5.41 Å². The monoisotopic (exact) mass is 224 g/mol. The van der Waals surface area contributed by atoms with Crippen LogP contribution >= 0.6 is 0 Å². The van der Waals surface area contributed by atoms with Gasteiger partial charge >= 0.3 is 0 Å². The molecule has 0 spiro atoms. The van der Waals surface area contributed by atoms with E-state index in [0.717, 1.165) is 17.1 Å². The molecule has 0 aliphatic carbocycles. The second-order valence-corrected chi connectivity index (χ2v) is 4.66. The van der Waals surface area contributed by atoms with Crippen molar-refractivity contribution < 1.29 is 14.2 Å². The van der Waals surface area contributed by atoms with Crippen molar-refractivity contribution in [3.8, 4) is 17.2 Å². The molecule has 0 radical (unpaired) electrons. The predicted molar refractivity (Wildman–Crippen MR) is 64.8 cm³/mol. The molecule has 0 bridgehead atoms. The molecule has 0 heterocycles. The molecule has 0 N–H and O–H groups in total. The first kappa shape index (κ1) is 12.7. The first-order valence-corrected chi connectivity index (χ1v) is 5.24. The van der Waals surface area contributed by atoms with Crippen LogP contribution in [-0.2, 0) is 5.41 Å². The molecule has 0 fully saturated rings. The van der Waals surface area contributed by atoms with Gasteiger partial charge in [-0.2, -0.15) is 0 Å². The fourth-order valence-corrected chi connectivity index (χ4v) is 1.62. The van der Waals surface area contributed by atoms with Crippen LogP contribution in [0.1, 0.15) is 26.3 Å². The number of rotatable bonds is 3. The topological polar surface area (TPSA) is 27.7 Å². The normalized spacial score (nSPS) is 11.1. The van der Waals surface area contributed by atoms with Gasteiger partial charge in [-0.3, -0.25) is 0 Å². The average Bonchev–Trinajstić information content (AvgIpc) is 2.25. The first-order chi connectivity index (χ1) is 7.43. The molecule has 0 saturated carbocycles. The molecular formula is C13H20O3. The number of hydrogen-bond donors (Lipinski definition) is 0. The summed E-state index contributed by atoms with van der Waals surface area (Å²) >= 11 is 0. The number of methoxy groups -OCH3 is 3. The van der Waals surface area contributed by atoms with Gasteiger partial charge < -0.3 is 14.2 Å². The Morgan fingerprint density at radius 1 is 0.750 bits per heavy atom. The highest BCUT2D eigenvalue weighted by Gasteiger charge is 2.21. The van der Waals surface area contributed by atoms with E-state index in [2.05, 4.69) is 20.8 Å². The summed E-state index contributed by atoms with van der Waals surface area (Å²) in [6.07, 6.45) is 0. The van der Waals surface area contributed by atoms with Crippen LogP contribution in [0.4, 0.5) is 0 Å². The molecule has 1 rings (SSSR count). The van der Waals surface area contributed by atoms with E-state index >= 15 is 0 Å². The van der Waals surface area contributed by atoms with E-state index in [0.29, 0.717) is 5.75 Å². The molecule has 1 aromatic carbocycles. The fourth-order valence-electron chi connectivity index (χ4n) is 1.62. The summed E-state index contributed by atoms with van der Waals surface area (Å²) in [5.41, 5.74) is 1.11. The van der Waals surface area contributed by atoms with Gasteiger partial charge in [-0.25, -0.2) is 0 Å². The van der Waals surface area contributed by atoms with E-state index in [4.69, 9.17) is 14.2 Å². The summed E-state index contributed by atoms with van der Waals surface area (Å²) in [4.78, 5) is 0. The maximum atomic E-state index is 5.38. The highest BCUT2D eigenvalue weighted by molar-refractivity contribution is 5.52. The highest BCUT2D eigenvalue weighted by atomic mass is 16.5. The second-order valence-electron chi connectivity index (χ2n) is 4.66. The zero-order chi connectivity index (χ0) is 12.3. The van der Waals surface area contributed by atoms with Gasteiger partial charge in [-0.05, 0) is 11.5 Å². The minimum atomic E-state index is 0.00486. The standard InChI is InChI=1S/C13H20O3/c1-13(2,3)9-7-11(15-5)12(16-6)8-10(9)14-4/h7-8H,1-6H3. The third kappa shape index (κ3) is 2.40. The van der Waals surface area contributed by atoms with Crippen LogP contribution in [0.3, 0.4) is 0 Å². The Kier molecular flexibility index (Phi) is 3.68. The third-order valence-electron chi connectivity index (χ3n) is 2.51. The molecule has 0 saturated heterocycles. The van der Waals surface area contributed by atoms with Crippen LogP contribution in [0.15, 0.2) is 12.1 Å². The largest absolute Gasteiger partial charge is 0.496 e. The number of benzene rings is 1. The minimum Gasteiger partial charge on any atom is -0.496 e. The van der Waals surface area contributed by atoms with Crippen molar-refractivity contribution in [2.75, 3.05) is 21.3 Å². The Morgan fingerprint density at radius 3 is 1.56 bits per heavy atom. The maximum Gasteiger partial charge on any atom is 0.164 e. The van der Waals surface area contributed by atoms with E-state index < -0.39 is 0 Å². The van der Waals surface area contributed by atoms with E-state index in [9.17, 15) is 0 Å².